The van der Waals surface area contributed by atoms with Crippen molar-refractivity contribution >= 4 is 15.8 Å². The van der Waals surface area contributed by atoms with Gasteiger partial charge in [-0.15, -0.1) is 0 Å². The van der Waals surface area contributed by atoms with Gasteiger partial charge >= 0.3 is 0 Å². The van der Waals surface area contributed by atoms with Gasteiger partial charge in [-0.2, -0.15) is 0 Å². The molecule has 2 aromatic rings. The number of hydrogen-bond donors (Lipinski definition) is 1. The molecular weight excluding hydrogens is 338 g/mol. The highest BCUT2D eigenvalue weighted by Crippen LogP contribution is 2.14. The summed E-state index contributed by atoms with van der Waals surface area (Å²) in [6.07, 6.45) is 2.91. The van der Waals surface area contributed by atoms with Gasteiger partial charge in [0.2, 0.25) is 10.0 Å². The average molecular weight is 368 g/mol. The molecule has 140 valence electrons. The Hall–Kier alpha value is -2.15. The average Bonchev–Trinajstić information content (AvgIpc) is 2.46. The van der Waals surface area contributed by atoms with E-state index in [0.717, 1.165) is 11.9 Å². The molecule has 0 aliphatic rings. The number of sulfonamides is 1. The zero-order valence-corrected chi connectivity index (χ0v) is 15.5. The van der Waals surface area contributed by atoms with E-state index >= 15 is 0 Å². The molecule has 0 amide bonds. The van der Waals surface area contributed by atoms with E-state index in [2.05, 4.69) is 9.71 Å². The maximum atomic E-state index is 11.0. The summed E-state index contributed by atoms with van der Waals surface area (Å²) in [5, 5.41) is 0. The van der Waals surface area contributed by atoms with Crippen molar-refractivity contribution in [3.05, 3.63) is 58.6 Å². The molecule has 0 saturated carbocycles. The molecule has 0 aromatic carbocycles. The lowest BCUT2D eigenvalue weighted by molar-refractivity contribution is 0.578. The largest absolute Gasteiger partial charge is 0.313 e. The third kappa shape index (κ3) is 8.49. The van der Waals surface area contributed by atoms with Crippen LogP contribution in [0.25, 0.3) is 0 Å². The van der Waals surface area contributed by atoms with Gasteiger partial charge in [0.15, 0.2) is 0 Å². The van der Waals surface area contributed by atoms with Crippen molar-refractivity contribution < 1.29 is 8.42 Å². The Kier molecular flexibility index (Phi) is 9.12. The minimum absolute atomic E-state index is 0. The molecule has 0 saturated heterocycles. The molecule has 2 heterocycles. The summed E-state index contributed by atoms with van der Waals surface area (Å²) >= 11 is 0. The van der Waals surface area contributed by atoms with Crippen molar-refractivity contribution in [3.8, 4) is 0 Å². The standard InChI is InChI=1S/C9H14N2O2S.C8H11NO.CH4/c1-7(2)8-5-4-6-9(10-8)11-14(3,12)13;1-7(2)9-6-4-3-5-8(9)10;/h4-7H,1-3H3,(H,10,11);3-7H,1-2H3;1H4. The third-order valence-corrected chi connectivity index (χ3v) is 3.64. The quantitative estimate of drug-likeness (QED) is 0.894. The predicted octanol–water partition coefficient (Wildman–Crippen LogP) is 3.64. The minimum Gasteiger partial charge on any atom is -0.313 e. The zero-order chi connectivity index (χ0) is 18.3. The van der Waals surface area contributed by atoms with Crippen molar-refractivity contribution in [2.45, 2.75) is 47.1 Å². The van der Waals surface area contributed by atoms with Crippen LogP contribution in [0.3, 0.4) is 0 Å². The van der Waals surface area contributed by atoms with Gasteiger partial charge in [-0.05, 0) is 38.0 Å². The van der Waals surface area contributed by atoms with E-state index in [1.54, 1.807) is 35.0 Å². The molecule has 0 spiro atoms. The number of anilines is 1. The first-order valence-electron chi connectivity index (χ1n) is 7.72. The fourth-order valence-corrected chi connectivity index (χ4v) is 2.38. The first kappa shape index (κ1) is 22.9. The van der Waals surface area contributed by atoms with E-state index in [9.17, 15) is 13.2 Å². The molecule has 1 N–H and O–H groups in total. The molecule has 0 radical (unpaired) electrons. The van der Waals surface area contributed by atoms with Crippen LogP contribution < -0.4 is 10.3 Å². The molecule has 0 aliphatic heterocycles. The van der Waals surface area contributed by atoms with E-state index in [-0.39, 0.29) is 24.9 Å². The van der Waals surface area contributed by atoms with E-state index in [1.807, 2.05) is 39.8 Å². The van der Waals surface area contributed by atoms with Crippen LogP contribution in [0.15, 0.2) is 47.4 Å². The first-order chi connectivity index (χ1) is 11.1. The van der Waals surface area contributed by atoms with Crippen molar-refractivity contribution in [1.29, 1.82) is 0 Å². The normalized spacial score (nSPS) is 10.7. The van der Waals surface area contributed by atoms with E-state index in [4.69, 9.17) is 0 Å². The summed E-state index contributed by atoms with van der Waals surface area (Å²) < 4.78 is 25.9. The van der Waals surface area contributed by atoms with Gasteiger partial charge in [0.25, 0.3) is 5.56 Å². The monoisotopic (exact) mass is 367 g/mol. The molecule has 6 nitrogen and oxygen atoms in total. The van der Waals surface area contributed by atoms with E-state index in [0.29, 0.717) is 5.82 Å². The molecular formula is C18H29N3O3S. The molecule has 25 heavy (non-hydrogen) atoms. The Morgan fingerprint density at radius 2 is 1.68 bits per heavy atom. The Morgan fingerprint density at radius 3 is 2.12 bits per heavy atom. The topological polar surface area (TPSA) is 81.1 Å². The van der Waals surface area contributed by atoms with Crippen LogP contribution in [0, 0.1) is 0 Å². The summed E-state index contributed by atoms with van der Waals surface area (Å²) in [6, 6.07) is 10.7. The first-order valence-corrected chi connectivity index (χ1v) is 9.61. The van der Waals surface area contributed by atoms with Crippen molar-refractivity contribution in [1.82, 2.24) is 9.55 Å². The van der Waals surface area contributed by atoms with E-state index in [1.165, 1.54) is 0 Å². The maximum absolute atomic E-state index is 11.0. The zero-order valence-electron chi connectivity index (χ0n) is 14.7. The van der Waals surface area contributed by atoms with Crippen LogP contribution >= 0.6 is 0 Å². The molecule has 7 heteroatoms. The lowest BCUT2D eigenvalue weighted by Gasteiger charge is -2.07. The third-order valence-electron chi connectivity index (χ3n) is 3.06. The van der Waals surface area contributed by atoms with Crippen molar-refractivity contribution in [2.75, 3.05) is 11.0 Å². The number of rotatable bonds is 4. The minimum atomic E-state index is -3.23. The lowest BCUT2D eigenvalue weighted by atomic mass is 10.1. The highest BCUT2D eigenvalue weighted by atomic mass is 32.2. The van der Waals surface area contributed by atoms with Gasteiger partial charge in [-0.1, -0.05) is 33.4 Å². The summed E-state index contributed by atoms with van der Waals surface area (Å²) in [5.74, 6) is 0.662. The highest BCUT2D eigenvalue weighted by Gasteiger charge is 2.05. The second kappa shape index (κ2) is 9.98. The summed E-state index contributed by atoms with van der Waals surface area (Å²) in [6.45, 7) is 7.99. The SMILES string of the molecule is C.CC(C)c1cccc(NS(C)(=O)=O)n1.CC(C)n1ccccc1=O. The Bertz CT molecular complexity index is 812. The molecule has 0 atom stereocenters. The van der Waals surface area contributed by atoms with Gasteiger partial charge in [0, 0.05) is 24.0 Å². The van der Waals surface area contributed by atoms with Crippen LogP contribution in [0.4, 0.5) is 5.82 Å². The fraction of sp³-hybridized carbons (Fsp3) is 0.444. The second-order valence-corrected chi connectivity index (χ2v) is 7.76. The lowest BCUT2D eigenvalue weighted by Crippen LogP contribution is -2.19. The van der Waals surface area contributed by atoms with Gasteiger partial charge in [-0.3, -0.25) is 9.52 Å². The Balaban J connectivity index is 0.000000465. The van der Waals surface area contributed by atoms with Gasteiger partial charge in [0.1, 0.15) is 5.82 Å². The van der Waals surface area contributed by atoms with Gasteiger partial charge in [0.05, 0.1) is 6.26 Å². The summed E-state index contributed by atoms with van der Waals surface area (Å²) in [7, 11) is -3.23. The number of aromatic nitrogens is 2. The smallest absolute Gasteiger partial charge is 0.250 e. The Morgan fingerprint density at radius 1 is 1.04 bits per heavy atom. The molecule has 0 fully saturated rings. The number of pyridine rings is 2. The number of nitrogens with one attached hydrogen (secondary N) is 1. The molecule has 0 unspecified atom stereocenters. The van der Waals surface area contributed by atoms with Gasteiger partial charge in [-0.25, -0.2) is 13.4 Å². The molecule has 0 aliphatic carbocycles. The van der Waals surface area contributed by atoms with Gasteiger partial charge < -0.3 is 4.57 Å². The number of hydrogen-bond acceptors (Lipinski definition) is 4. The van der Waals surface area contributed by atoms with Crippen LogP contribution in [0.2, 0.25) is 0 Å². The highest BCUT2D eigenvalue weighted by molar-refractivity contribution is 7.92. The Labute approximate surface area is 151 Å². The van der Waals surface area contributed by atoms with Crippen molar-refractivity contribution in [2.24, 2.45) is 0 Å². The molecule has 2 aromatic heterocycles. The number of nitrogens with zero attached hydrogens (tertiary/aromatic N) is 2. The molecule has 2 rings (SSSR count). The van der Waals surface area contributed by atoms with Crippen LogP contribution in [0.5, 0.6) is 0 Å². The predicted molar refractivity (Wildman–Crippen MR) is 105 cm³/mol. The summed E-state index contributed by atoms with van der Waals surface area (Å²) in [5.41, 5.74) is 0.941. The fourth-order valence-electron chi connectivity index (χ4n) is 1.89. The second-order valence-electron chi connectivity index (χ2n) is 6.02. The summed E-state index contributed by atoms with van der Waals surface area (Å²) in [4.78, 5) is 15.2. The van der Waals surface area contributed by atoms with E-state index < -0.39 is 10.0 Å². The van der Waals surface area contributed by atoms with Crippen LogP contribution in [0.1, 0.15) is 52.8 Å². The van der Waals surface area contributed by atoms with Crippen LogP contribution in [-0.4, -0.2) is 24.2 Å². The maximum Gasteiger partial charge on any atom is 0.250 e. The van der Waals surface area contributed by atoms with Crippen LogP contribution in [-0.2, 0) is 10.0 Å². The molecule has 0 bridgehead atoms. The van der Waals surface area contributed by atoms with Crippen molar-refractivity contribution in [3.63, 3.8) is 0 Å².